The summed E-state index contributed by atoms with van der Waals surface area (Å²) in [6.07, 6.45) is 1.85. The second-order valence-corrected chi connectivity index (χ2v) is 4.83. The molecule has 1 aliphatic rings. The van der Waals surface area contributed by atoms with Gasteiger partial charge in [-0.1, -0.05) is 24.3 Å². The Bertz CT molecular complexity index is 633. The maximum absolute atomic E-state index is 9.09. The Balaban J connectivity index is 1.81. The van der Waals surface area contributed by atoms with E-state index in [2.05, 4.69) is 23.2 Å². The first-order chi connectivity index (χ1) is 9.26. The van der Waals surface area contributed by atoms with Crippen LogP contribution in [0.3, 0.4) is 0 Å². The third-order valence-electron chi connectivity index (χ3n) is 3.41. The number of rotatable bonds is 2. The second kappa shape index (κ2) is 4.74. The third-order valence-corrected chi connectivity index (χ3v) is 3.41. The van der Waals surface area contributed by atoms with Gasteiger partial charge in [0.1, 0.15) is 17.7 Å². The third kappa shape index (κ3) is 2.30. The maximum Gasteiger partial charge on any atom is 0.232 e. The van der Waals surface area contributed by atoms with E-state index in [0.29, 0.717) is 11.4 Å². The Morgan fingerprint density at radius 1 is 1.16 bits per heavy atom. The van der Waals surface area contributed by atoms with Gasteiger partial charge in [-0.05, 0) is 30.2 Å². The zero-order chi connectivity index (χ0) is 13.2. The zero-order valence-corrected chi connectivity index (χ0v) is 10.8. The zero-order valence-electron chi connectivity index (χ0n) is 10.8. The van der Waals surface area contributed by atoms with Gasteiger partial charge in [-0.15, -0.1) is 0 Å². The second-order valence-electron chi connectivity index (χ2n) is 4.83. The topological polar surface area (TPSA) is 45.9 Å². The van der Waals surface area contributed by atoms with E-state index >= 15 is 0 Å². The molecule has 1 aromatic carbocycles. The van der Waals surface area contributed by atoms with Gasteiger partial charge in [-0.3, -0.25) is 0 Å². The van der Waals surface area contributed by atoms with Gasteiger partial charge >= 0.3 is 0 Å². The van der Waals surface area contributed by atoms with E-state index in [4.69, 9.17) is 10.00 Å². The summed E-state index contributed by atoms with van der Waals surface area (Å²) < 4.78 is 5.93. The molecule has 94 valence electrons. The number of ether oxygens (including phenoxy) is 1. The average molecular weight is 250 g/mol. The maximum atomic E-state index is 9.09. The van der Waals surface area contributed by atoms with Crippen LogP contribution in [0, 0.1) is 18.3 Å². The van der Waals surface area contributed by atoms with E-state index in [1.807, 2.05) is 25.1 Å². The Morgan fingerprint density at radius 2 is 1.84 bits per heavy atom. The predicted molar refractivity (Wildman–Crippen MR) is 72.0 cm³/mol. The lowest BCUT2D eigenvalue weighted by atomic mass is 10.1. The van der Waals surface area contributed by atoms with Crippen molar-refractivity contribution in [2.24, 2.45) is 0 Å². The number of hydrogen-bond donors (Lipinski definition) is 0. The van der Waals surface area contributed by atoms with Gasteiger partial charge < -0.3 is 4.74 Å². The van der Waals surface area contributed by atoms with Crippen LogP contribution >= 0.6 is 0 Å². The summed E-state index contributed by atoms with van der Waals surface area (Å²) in [6.45, 7) is 1.90. The molecule has 0 spiro atoms. The molecular weight excluding hydrogens is 236 g/mol. The fraction of sp³-hybridized carbons (Fsp3) is 0.250. The van der Waals surface area contributed by atoms with Gasteiger partial charge in [0, 0.05) is 18.5 Å². The first kappa shape index (κ1) is 11.7. The van der Waals surface area contributed by atoms with Crippen LogP contribution in [0.1, 0.15) is 22.4 Å². The van der Waals surface area contributed by atoms with Gasteiger partial charge in [0.05, 0.1) is 0 Å². The van der Waals surface area contributed by atoms with Crippen LogP contribution in [-0.4, -0.2) is 11.1 Å². The monoisotopic (exact) mass is 250 g/mol. The molecule has 0 N–H and O–H groups in total. The first-order valence-corrected chi connectivity index (χ1v) is 6.37. The lowest BCUT2D eigenvalue weighted by molar-refractivity contribution is 0.204. The standard InChI is InChI=1S/C16H14N2O/c1-11-6-7-14(10-17)16(18-11)19-15-8-12-4-2-3-5-13(12)9-15/h2-7,15H,8-9H2,1H3. The SMILES string of the molecule is Cc1ccc(C#N)c(OC2Cc3ccccc3C2)n1. The van der Waals surface area contributed by atoms with Crippen LogP contribution in [-0.2, 0) is 12.8 Å². The van der Waals surface area contributed by atoms with Crippen LogP contribution in [0.4, 0.5) is 0 Å². The van der Waals surface area contributed by atoms with E-state index in [-0.39, 0.29) is 6.10 Å². The van der Waals surface area contributed by atoms with Crippen molar-refractivity contribution in [2.45, 2.75) is 25.9 Å². The number of benzene rings is 1. The van der Waals surface area contributed by atoms with Gasteiger partial charge in [0.15, 0.2) is 0 Å². The highest BCUT2D eigenvalue weighted by Gasteiger charge is 2.23. The van der Waals surface area contributed by atoms with Crippen LogP contribution in [0.2, 0.25) is 0 Å². The summed E-state index contributed by atoms with van der Waals surface area (Å²) in [7, 11) is 0. The Morgan fingerprint density at radius 3 is 2.47 bits per heavy atom. The minimum absolute atomic E-state index is 0.0822. The average Bonchev–Trinajstić information content (AvgIpc) is 2.81. The summed E-state index contributed by atoms with van der Waals surface area (Å²) in [4.78, 5) is 4.33. The molecule has 0 aliphatic heterocycles. The van der Waals surface area contributed by atoms with Crippen LogP contribution in [0.25, 0.3) is 0 Å². The Labute approximate surface area is 112 Å². The molecule has 1 aromatic heterocycles. The molecule has 3 nitrogen and oxygen atoms in total. The number of aryl methyl sites for hydroxylation is 1. The van der Waals surface area contributed by atoms with Gasteiger partial charge in [-0.25, -0.2) is 4.98 Å². The summed E-state index contributed by atoms with van der Waals surface area (Å²) in [5, 5.41) is 9.09. The van der Waals surface area contributed by atoms with Crippen molar-refractivity contribution in [1.29, 1.82) is 5.26 Å². The van der Waals surface area contributed by atoms with Crippen molar-refractivity contribution in [3.8, 4) is 11.9 Å². The molecule has 0 amide bonds. The van der Waals surface area contributed by atoms with Crippen molar-refractivity contribution in [2.75, 3.05) is 0 Å². The molecule has 0 fully saturated rings. The highest BCUT2D eigenvalue weighted by atomic mass is 16.5. The largest absolute Gasteiger partial charge is 0.473 e. The summed E-state index contributed by atoms with van der Waals surface area (Å²) >= 11 is 0. The molecule has 0 saturated heterocycles. The van der Waals surface area contributed by atoms with Crippen molar-refractivity contribution < 1.29 is 4.74 Å². The highest BCUT2D eigenvalue weighted by molar-refractivity contribution is 5.39. The fourth-order valence-corrected chi connectivity index (χ4v) is 2.47. The lowest BCUT2D eigenvalue weighted by Crippen LogP contribution is -2.18. The molecule has 1 heterocycles. The van der Waals surface area contributed by atoms with Crippen molar-refractivity contribution in [3.05, 3.63) is 58.8 Å². The predicted octanol–water partition coefficient (Wildman–Crippen LogP) is 2.81. The van der Waals surface area contributed by atoms with E-state index in [1.54, 1.807) is 6.07 Å². The van der Waals surface area contributed by atoms with Crippen molar-refractivity contribution >= 4 is 0 Å². The number of aromatic nitrogens is 1. The van der Waals surface area contributed by atoms with Crippen LogP contribution in [0.5, 0.6) is 5.88 Å². The molecule has 3 heteroatoms. The van der Waals surface area contributed by atoms with Crippen LogP contribution < -0.4 is 4.74 Å². The van der Waals surface area contributed by atoms with E-state index < -0.39 is 0 Å². The Hall–Kier alpha value is -2.34. The lowest BCUT2D eigenvalue weighted by Gasteiger charge is -2.13. The quantitative estimate of drug-likeness (QED) is 0.823. The Kier molecular flexibility index (Phi) is 2.92. The number of hydrogen-bond acceptors (Lipinski definition) is 3. The summed E-state index contributed by atoms with van der Waals surface area (Å²) in [6, 6.07) is 14.1. The molecule has 0 bridgehead atoms. The number of pyridine rings is 1. The minimum Gasteiger partial charge on any atom is -0.473 e. The molecule has 0 saturated carbocycles. The molecule has 2 aromatic rings. The minimum atomic E-state index is 0.0822. The van der Waals surface area contributed by atoms with E-state index in [0.717, 1.165) is 18.5 Å². The van der Waals surface area contributed by atoms with E-state index in [1.165, 1.54) is 11.1 Å². The smallest absolute Gasteiger partial charge is 0.232 e. The molecule has 3 rings (SSSR count). The molecular formula is C16H14N2O. The normalized spacial score (nSPS) is 13.9. The van der Waals surface area contributed by atoms with Gasteiger partial charge in [0.25, 0.3) is 0 Å². The first-order valence-electron chi connectivity index (χ1n) is 6.37. The number of nitriles is 1. The van der Waals surface area contributed by atoms with Crippen LogP contribution in [0.15, 0.2) is 36.4 Å². The molecule has 0 radical (unpaired) electrons. The summed E-state index contributed by atoms with van der Waals surface area (Å²) in [5.74, 6) is 0.459. The molecule has 19 heavy (non-hydrogen) atoms. The molecule has 0 unspecified atom stereocenters. The summed E-state index contributed by atoms with van der Waals surface area (Å²) in [5.41, 5.74) is 4.03. The number of nitrogens with zero attached hydrogens (tertiary/aromatic N) is 2. The molecule has 0 atom stereocenters. The van der Waals surface area contributed by atoms with Gasteiger partial charge in [-0.2, -0.15) is 5.26 Å². The number of fused-ring (bicyclic) bond motifs is 1. The fourth-order valence-electron chi connectivity index (χ4n) is 2.47. The van der Waals surface area contributed by atoms with Gasteiger partial charge in [0.2, 0.25) is 5.88 Å². The van der Waals surface area contributed by atoms with E-state index in [9.17, 15) is 0 Å². The van der Waals surface area contributed by atoms with Crippen molar-refractivity contribution in [3.63, 3.8) is 0 Å². The highest BCUT2D eigenvalue weighted by Crippen LogP contribution is 2.26. The van der Waals surface area contributed by atoms with Crippen molar-refractivity contribution in [1.82, 2.24) is 4.98 Å². The molecule has 1 aliphatic carbocycles.